The molecule has 0 atom stereocenters. The lowest BCUT2D eigenvalue weighted by Crippen LogP contribution is -2.24. The maximum absolute atomic E-state index is 12.3. The minimum absolute atomic E-state index is 0.133. The molecule has 0 heterocycles. The number of hydrogen-bond acceptors (Lipinski definition) is 2. The summed E-state index contributed by atoms with van der Waals surface area (Å²) in [5, 5.41) is 2.91. The van der Waals surface area contributed by atoms with Crippen molar-refractivity contribution in [2.75, 3.05) is 5.73 Å². The van der Waals surface area contributed by atoms with Crippen LogP contribution in [-0.2, 0) is 6.54 Å². The van der Waals surface area contributed by atoms with Gasteiger partial charge in [0.15, 0.2) is 0 Å². The third-order valence-corrected chi connectivity index (χ3v) is 4.29. The quantitative estimate of drug-likeness (QED) is 0.768. The summed E-state index contributed by atoms with van der Waals surface area (Å²) >= 11 is 6.82. The van der Waals surface area contributed by atoms with Crippen LogP contribution < -0.4 is 11.1 Å². The van der Waals surface area contributed by atoms with Gasteiger partial charge in [-0.2, -0.15) is 0 Å². The smallest absolute Gasteiger partial charge is 0.251 e. The van der Waals surface area contributed by atoms with Gasteiger partial charge in [-0.3, -0.25) is 4.79 Å². The summed E-state index contributed by atoms with van der Waals surface area (Å²) in [6, 6.07) is 11.4. The Morgan fingerprint density at radius 2 is 1.95 bits per heavy atom. The summed E-state index contributed by atoms with van der Waals surface area (Å²) in [5.41, 5.74) is 8.88. The monoisotopic (exact) mass is 396 g/mol. The van der Waals surface area contributed by atoms with Crippen molar-refractivity contribution in [1.82, 2.24) is 5.32 Å². The van der Waals surface area contributed by atoms with Gasteiger partial charge in [-0.15, -0.1) is 0 Å². The van der Waals surface area contributed by atoms with Crippen LogP contribution in [0.3, 0.4) is 0 Å². The molecule has 0 bridgehead atoms. The van der Waals surface area contributed by atoms with Crippen LogP contribution in [0.15, 0.2) is 45.3 Å². The van der Waals surface area contributed by atoms with Crippen LogP contribution in [0.25, 0.3) is 0 Å². The highest BCUT2D eigenvalue weighted by molar-refractivity contribution is 9.10. The maximum Gasteiger partial charge on any atom is 0.251 e. The number of carbonyl (C=O) groups is 1. The zero-order valence-electron chi connectivity index (χ0n) is 10.9. The van der Waals surface area contributed by atoms with E-state index in [0.717, 1.165) is 20.1 Å². The van der Waals surface area contributed by atoms with E-state index in [9.17, 15) is 4.79 Å². The zero-order valence-corrected chi connectivity index (χ0v) is 14.1. The van der Waals surface area contributed by atoms with Gasteiger partial charge in [-0.25, -0.2) is 0 Å². The molecule has 3 nitrogen and oxygen atoms in total. The number of nitrogen functional groups attached to an aromatic ring is 1. The SMILES string of the molecule is Cc1c(N)cc(Br)cc1C(=O)NCc1ccccc1Br. The first-order chi connectivity index (χ1) is 9.49. The predicted octanol–water partition coefficient (Wildman–Crippen LogP) is 4.03. The van der Waals surface area contributed by atoms with Crippen molar-refractivity contribution >= 4 is 43.5 Å². The zero-order chi connectivity index (χ0) is 14.7. The standard InChI is InChI=1S/C15H14Br2N2O/c1-9-12(6-11(16)7-14(9)18)15(20)19-8-10-4-2-3-5-13(10)17/h2-7H,8,18H2,1H3,(H,19,20). The Morgan fingerprint density at radius 1 is 1.25 bits per heavy atom. The topological polar surface area (TPSA) is 55.1 Å². The lowest BCUT2D eigenvalue weighted by atomic mass is 10.1. The molecule has 0 aliphatic heterocycles. The van der Waals surface area contributed by atoms with Crippen molar-refractivity contribution in [2.45, 2.75) is 13.5 Å². The number of nitrogens with two attached hydrogens (primary N) is 1. The second-order valence-electron chi connectivity index (χ2n) is 4.44. The molecule has 20 heavy (non-hydrogen) atoms. The number of benzene rings is 2. The minimum atomic E-state index is -0.133. The summed E-state index contributed by atoms with van der Waals surface area (Å²) in [5.74, 6) is -0.133. The molecule has 0 aromatic heterocycles. The average molecular weight is 398 g/mol. The van der Waals surface area contributed by atoms with E-state index >= 15 is 0 Å². The van der Waals surface area contributed by atoms with Crippen molar-refractivity contribution in [3.63, 3.8) is 0 Å². The molecule has 3 N–H and O–H groups in total. The van der Waals surface area contributed by atoms with Crippen LogP contribution in [0.2, 0.25) is 0 Å². The second-order valence-corrected chi connectivity index (χ2v) is 6.21. The van der Waals surface area contributed by atoms with E-state index in [4.69, 9.17) is 5.73 Å². The molecule has 0 aliphatic carbocycles. The molecule has 0 fully saturated rings. The van der Waals surface area contributed by atoms with Gasteiger partial charge in [0, 0.05) is 26.7 Å². The fraction of sp³-hybridized carbons (Fsp3) is 0.133. The van der Waals surface area contributed by atoms with Gasteiger partial charge in [-0.05, 0) is 36.2 Å². The van der Waals surface area contributed by atoms with Crippen LogP contribution in [0, 0.1) is 6.92 Å². The Morgan fingerprint density at radius 3 is 2.65 bits per heavy atom. The number of rotatable bonds is 3. The predicted molar refractivity (Wildman–Crippen MR) is 88.6 cm³/mol. The second kappa shape index (κ2) is 6.41. The van der Waals surface area contributed by atoms with E-state index in [1.807, 2.05) is 31.2 Å². The van der Waals surface area contributed by atoms with Crippen LogP contribution in [-0.4, -0.2) is 5.91 Å². The summed E-state index contributed by atoms with van der Waals surface area (Å²) in [6.45, 7) is 2.31. The molecule has 0 unspecified atom stereocenters. The molecule has 1 amide bonds. The Kier molecular flexibility index (Phi) is 4.83. The van der Waals surface area contributed by atoms with E-state index < -0.39 is 0 Å². The van der Waals surface area contributed by atoms with Crippen LogP contribution in [0.5, 0.6) is 0 Å². The van der Waals surface area contributed by atoms with Gasteiger partial charge in [0.05, 0.1) is 0 Å². The highest BCUT2D eigenvalue weighted by Gasteiger charge is 2.12. The van der Waals surface area contributed by atoms with Crippen LogP contribution in [0.4, 0.5) is 5.69 Å². The van der Waals surface area contributed by atoms with E-state index in [2.05, 4.69) is 37.2 Å². The molecular formula is C15H14Br2N2O. The summed E-state index contributed by atoms with van der Waals surface area (Å²) in [7, 11) is 0. The number of nitrogens with one attached hydrogen (secondary N) is 1. The van der Waals surface area contributed by atoms with Crippen molar-refractivity contribution in [3.05, 3.63) is 62.0 Å². The lowest BCUT2D eigenvalue weighted by molar-refractivity contribution is 0.0950. The number of hydrogen-bond donors (Lipinski definition) is 2. The van der Waals surface area contributed by atoms with Gasteiger partial charge < -0.3 is 11.1 Å². The molecule has 0 spiro atoms. The Balaban J connectivity index is 2.15. The highest BCUT2D eigenvalue weighted by atomic mass is 79.9. The number of halogens is 2. The lowest BCUT2D eigenvalue weighted by Gasteiger charge is -2.11. The van der Waals surface area contributed by atoms with E-state index in [1.165, 1.54) is 0 Å². The number of amides is 1. The minimum Gasteiger partial charge on any atom is -0.398 e. The number of anilines is 1. The molecule has 0 aliphatic rings. The molecule has 104 valence electrons. The van der Waals surface area contributed by atoms with E-state index in [1.54, 1.807) is 12.1 Å². The molecule has 0 radical (unpaired) electrons. The largest absolute Gasteiger partial charge is 0.398 e. The number of carbonyl (C=O) groups excluding carboxylic acids is 1. The van der Waals surface area contributed by atoms with Crippen molar-refractivity contribution in [1.29, 1.82) is 0 Å². The van der Waals surface area contributed by atoms with Crippen LogP contribution in [0.1, 0.15) is 21.5 Å². The first-order valence-corrected chi connectivity index (χ1v) is 7.65. The Hall–Kier alpha value is -1.33. The molecule has 0 saturated heterocycles. The van der Waals surface area contributed by atoms with E-state index in [-0.39, 0.29) is 5.91 Å². The molecule has 5 heteroatoms. The molecule has 0 saturated carbocycles. The van der Waals surface area contributed by atoms with Gasteiger partial charge in [-0.1, -0.05) is 50.1 Å². The first kappa shape index (κ1) is 15.1. The summed E-state index contributed by atoms with van der Waals surface area (Å²) in [4.78, 5) is 12.3. The van der Waals surface area contributed by atoms with Crippen molar-refractivity contribution in [3.8, 4) is 0 Å². The first-order valence-electron chi connectivity index (χ1n) is 6.06. The summed E-state index contributed by atoms with van der Waals surface area (Å²) in [6.07, 6.45) is 0. The maximum atomic E-state index is 12.3. The van der Waals surface area contributed by atoms with Gasteiger partial charge in [0.2, 0.25) is 0 Å². The molecular weight excluding hydrogens is 384 g/mol. The molecule has 2 rings (SSSR count). The Labute approximate surface area is 134 Å². The Bertz CT molecular complexity index is 656. The fourth-order valence-electron chi connectivity index (χ4n) is 1.85. The van der Waals surface area contributed by atoms with Crippen LogP contribution >= 0.6 is 31.9 Å². The van der Waals surface area contributed by atoms with Gasteiger partial charge in [0.1, 0.15) is 0 Å². The highest BCUT2D eigenvalue weighted by Crippen LogP contribution is 2.23. The molecule has 2 aromatic rings. The van der Waals surface area contributed by atoms with Gasteiger partial charge in [0.25, 0.3) is 5.91 Å². The third-order valence-electron chi connectivity index (χ3n) is 3.05. The average Bonchev–Trinajstić information content (AvgIpc) is 2.41. The van der Waals surface area contributed by atoms with Crippen molar-refractivity contribution < 1.29 is 4.79 Å². The fourth-order valence-corrected chi connectivity index (χ4v) is 2.75. The molecule has 2 aromatic carbocycles. The summed E-state index contributed by atoms with van der Waals surface area (Å²) < 4.78 is 1.78. The van der Waals surface area contributed by atoms with Crippen molar-refractivity contribution in [2.24, 2.45) is 0 Å². The normalized spacial score (nSPS) is 10.3. The van der Waals surface area contributed by atoms with E-state index in [0.29, 0.717) is 17.8 Å². The third kappa shape index (κ3) is 3.41. The van der Waals surface area contributed by atoms with Gasteiger partial charge >= 0.3 is 0 Å².